The van der Waals surface area contributed by atoms with Crippen LogP contribution < -0.4 is 10.1 Å². The van der Waals surface area contributed by atoms with E-state index in [-0.39, 0.29) is 11.9 Å². The van der Waals surface area contributed by atoms with Crippen LogP contribution in [0.2, 0.25) is 0 Å². The van der Waals surface area contributed by atoms with E-state index in [4.69, 9.17) is 9.47 Å². The van der Waals surface area contributed by atoms with Crippen molar-refractivity contribution in [1.29, 1.82) is 0 Å². The molecule has 1 amide bonds. The maximum absolute atomic E-state index is 12.3. The minimum atomic E-state index is -0.524. The van der Waals surface area contributed by atoms with Crippen LogP contribution in [0.25, 0.3) is 0 Å². The number of aliphatic hydroxyl groups is 1. The van der Waals surface area contributed by atoms with Gasteiger partial charge in [-0.15, -0.1) is 0 Å². The Kier molecular flexibility index (Phi) is 8.04. The Morgan fingerprint density at radius 2 is 1.83 bits per heavy atom. The highest BCUT2D eigenvalue weighted by Crippen LogP contribution is 2.14. The summed E-state index contributed by atoms with van der Waals surface area (Å²) in [6.07, 6.45) is 1.25. The van der Waals surface area contributed by atoms with Crippen LogP contribution >= 0.6 is 0 Å². The Bertz CT molecular complexity index is 743. The van der Waals surface area contributed by atoms with E-state index in [0.29, 0.717) is 25.3 Å². The van der Waals surface area contributed by atoms with Crippen molar-refractivity contribution < 1.29 is 19.4 Å². The van der Waals surface area contributed by atoms with Gasteiger partial charge < -0.3 is 24.8 Å². The molecule has 0 aromatic heterocycles. The van der Waals surface area contributed by atoms with Crippen molar-refractivity contribution in [2.24, 2.45) is 0 Å². The molecule has 1 unspecified atom stereocenters. The van der Waals surface area contributed by atoms with E-state index < -0.39 is 6.10 Å². The van der Waals surface area contributed by atoms with E-state index in [9.17, 15) is 9.90 Å². The number of rotatable bonds is 9. The van der Waals surface area contributed by atoms with Crippen molar-refractivity contribution in [2.45, 2.75) is 31.6 Å². The molecule has 1 aliphatic heterocycles. The molecular weight excluding hydrogens is 368 g/mol. The van der Waals surface area contributed by atoms with E-state index in [1.165, 1.54) is 0 Å². The average molecular weight is 399 g/mol. The fourth-order valence-electron chi connectivity index (χ4n) is 3.50. The Labute approximate surface area is 172 Å². The van der Waals surface area contributed by atoms with Crippen molar-refractivity contribution in [1.82, 2.24) is 10.2 Å². The smallest absolute Gasteiger partial charge is 0.251 e. The zero-order valence-corrected chi connectivity index (χ0v) is 16.9. The molecule has 0 saturated carbocycles. The van der Waals surface area contributed by atoms with Gasteiger partial charge in [0.1, 0.15) is 5.75 Å². The Morgan fingerprint density at radius 3 is 2.48 bits per heavy atom. The van der Waals surface area contributed by atoms with Crippen LogP contribution in [0.1, 0.15) is 28.8 Å². The van der Waals surface area contributed by atoms with E-state index in [1.54, 1.807) is 7.11 Å². The molecule has 1 aliphatic rings. The highest BCUT2D eigenvalue weighted by Gasteiger charge is 2.22. The quantitative estimate of drug-likeness (QED) is 0.679. The molecule has 3 rings (SSSR count). The molecule has 2 aromatic rings. The van der Waals surface area contributed by atoms with Crippen LogP contribution in [0.15, 0.2) is 54.6 Å². The fourth-order valence-corrected chi connectivity index (χ4v) is 3.50. The van der Waals surface area contributed by atoms with E-state index in [0.717, 1.165) is 37.2 Å². The van der Waals surface area contributed by atoms with Crippen LogP contribution in [-0.2, 0) is 11.3 Å². The number of hydrogen-bond acceptors (Lipinski definition) is 5. The van der Waals surface area contributed by atoms with Gasteiger partial charge in [0.05, 0.1) is 26.4 Å². The zero-order valence-electron chi connectivity index (χ0n) is 16.9. The summed E-state index contributed by atoms with van der Waals surface area (Å²) < 4.78 is 10.8. The van der Waals surface area contributed by atoms with Gasteiger partial charge in [0.15, 0.2) is 0 Å². The molecular formula is C23H30N2O4. The van der Waals surface area contributed by atoms with Crippen molar-refractivity contribution in [3.63, 3.8) is 0 Å². The molecule has 6 heteroatoms. The molecule has 0 spiro atoms. The van der Waals surface area contributed by atoms with Crippen LogP contribution in [0.4, 0.5) is 0 Å². The fraction of sp³-hybridized carbons (Fsp3) is 0.435. The summed E-state index contributed by atoms with van der Waals surface area (Å²) in [5, 5.41) is 13.4. The maximum Gasteiger partial charge on any atom is 0.251 e. The number of hydrogen-bond donors (Lipinski definition) is 2. The minimum Gasteiger partial charge on any atom is -0.497 e. The standard InChI is InChI=1S/C23H30N2O4/c1-28-22-9-7-18(8-10-22)16-29-17-21(26)15-25-13-11-20(12-14-25)24-23(27)19-5-3-2-4-6-19/h2-10,20-21,26H,11-17H2,1H3,(H,24,27). The second-order valence-electron chi connectivity index (χ2n) is 7.43. The molecule has 1 heterocycles. The number of amides is 1. The molecule has 156 valence electrons. The molecule has 0 bridgehead atoms. The van der Waals surface area contributed by atoms with Crippen LogP contribution in [0.3, 0.4) is 0 Å². The number of nitrogens with one attached hydrogen (secondary N) is 1. The van der Waals surface area contributed by atoms with Gasteiger partial charge >= 0.3 is 0 Å². The first-order valence-corrected chi connectivity index (χ1v) is 10.1. The normalized spacial score (nSPS) is 16.3. The second kappa shape index (κ2) is 11.0. The molecule has 0 radical (unpaired) electrons. The number of aliphatic hydroxyl groups excluding tert-OH is 1. The Morgan fingerprint density at radius 1 is 1.14 bits per heavy atom. The van der Waals surface area contributed by atoms with Gasteiger partial charge in [0.25, 0.3) is 5.91 Å². The molecule has 2 N–H and O–H groups in total. The largest absolute Gasteiger partial charge is 0.497 e. The average Bonchev–Trinajstić information content (AvgIpc) is 2.76. The number of piperidine rings is 1. The molecule has 1 fully saturated rings. The zero-order chi connectivity index (χ0) is 20.5. The molecule has 1 atom stereocenters. The van der Waals surface area contributed by atoms with Gasteiger partial charge in [-0.2, -0.15) is 0 Å². The van der Waals surface area contributed by atoms with E-state index in [1.807, 2.05) is 54.6 Å². The van der Waals surface area contributed by atoms with Crippen molar-refractivity contribution in [2.75, 3.05) is 33.4 Å². The highest BCUT2D eigenvalue weighted by atomic mass is 16.5. The molecule has 1 saturated heterocycles. The van der Waals surface area contributed by atoms with Crippen LogP contribution in [0.5, 0.6) is 5.75 Å². The van der Waals surface area contributed by atoms with Gasteiger partial charge in [-0.05, 0) is 42.7 Å². The number of carbonyl (C=O) groups excluding carboxylic acids is 1. The number of benzene rings is 2. The monoisotopic (exact) mass is 398 g/mol. The minimum absolute atomic E-state index is 0.0176. The van der Waals surface area contributed by atoms with Crippen molar-refractivity contribution in [3.8, 4) is 5.75 Å². The third kappa shape index (κ3) is 6.85. The van der Waals surface area contributed by atoms with Gasteiger partial charge in [-0.3, -0.25) is 4.79 Å². The number of nitrogens with zero attached hydrogens (tertiary/aromatic N) is 1. The lowest BCUT2D eigenvalue weighted by atomic mass is 10.0. The van der Waals surface area contributed by atoms with E-state index >= 15 is 0 Å². The molecule has 29 heavy (non-hydrogen) atoms. The third-order valence-corrected chi connectivity index (χ3v) is 5.17. The summed E-state index contributed by atoms with van der Waals surface area (Å²) in [6, 6.07) is 17.2. The lowest BCUT2D eigenvalue weighted by Gasteiger charge is -2.33. The topological polar surface area (TPSA) is 71.0 Å². The lowest BCUT2D eigenvalue weighted by Crippen LogP contribution is -2.47. The second-order valence-corrected chi connectivity index (χ2v) is 7.43. The first-order chi connectivity index (χ1) is 14.1. The maximum atomic E-state index is 12.3. The van der Waals surface area contributed by atoms with Gasteiger partial charge in [-0.1, -0.05) is 30.3 Å². The van der Waals surface area contributed by atoms with Crippen LogP contribution in [-0.4, -0.2) is 61.4 Å². The van der Waals surface area contributed by atoms with Gasteiger partial charge in [-0.25, -0.2) is 0 Å². The van der Waals surface area contributed by atoms with E-state index in [2.05, 4.69) is 10.2 Å². The summed E-state index contributed by atoms with van der Waals surface area (Å²) >= 11 is 0. The van der Waals surface area contributed by atoms with Gasteiger partial charge in [0, 0.05) is 31.2 Å². The first kappa shape index (κ1) is 21.3. The first-order valence-electron chi connectivity index (χ1n) is 10.1. The third-order valence-electron chi connectivity index (χ3n) is 5.17. The SMILES string of the molecule is COc1ccc(COCC(O)CN2CCC(NC(=O)c3ccccc3)CC2)cc1. The number of ether oxygens (including phenoxy) is 2. The molecule has 6 nitrogen and oxygen atoms in total. The predicted octanol–water partition coefficient (Wildman–Crippen LogP) is 2.47. The number of carbonyl (C=O) groups is 1. The summed E-state index contributed by atoms with van der Waals surface area (Å²) in [7, 11) is 1.64. The molecule has 2 aromatic carbocycles. The Hall–Kier alpha value is -2.41. The van der Waals surface area contributed by atoms with Crippen LogP contribution in [0, 0.1) is 0 Å². The van der Waals surface area contributed by atoms with Crippen molar-refractivity contribution in [3.05, 3.63) is 65.7 Å². The summed E-state index contributed by atoms with van der Waals surface area (Å²) in [5.74, 6) is 0.799. The summed E-state index contributed by atoms with van der Waals surface area (Å²) in [6.45, 7) is 3.07. The Balaban J connectivity index is 1.32. The summed E-state index contributed by atoms with van der Waals surface area (Å²) in [5.41, 5.74) is 1.74. The lowest BCUT2D eigenvalue weighted by molar-refractivity contribution is 0.00570. The highest BCUT2D eigenvalue weighted by molar-refractivity contribution is 5.94. The predicted molar refractivity (Wildman–Crippen MR) is 112 cm³/mol. The van der Waals surface area contributed by atoms with Gasteiger partial charge in [0.2, 0.25) is 0 Å². The number of methoxy groups -OCH3 is 1. The van der Waals surface area contributed by atoms with Crippen molar-refractivity contribution >= 4 is 5.91 Å². The number of likely N-dealkylation sites (tertiary alicyclic amines) is 1. The number of β-amino-alcohol motifs (C(OH)–C–C–N with tert-alkyl or cyclic N) is 1. The molecule has 0 aliphatic carbocycles. The summed E-state index contributed by atoms with van der Waals surface area (Å²) in [4.78, 5) is 14.5.